The molecule has 2 nitrogen and oxygen atoms in total. The summed E-state index contributed by atoms with van der Waals surface area (Å²) in [5.74, 6) is 1.01. The Morgan fingerprint density at radius 1 is 1.44 bits per heavy atom. The predicted molar refractivity (Wildman–Crippen MR) is 71.1 cm³/mol. The summed E-state index contributed by atoms with van der Waals surface area (Å²) in [4.78, 5) is 1.32. The quantitative estimate of drug-likeness (QED) is 0.583. The van der Waals surface area contributed by atoms with E-state index in [0.717, 1.165) is 18.9 Å². The maximum Gasteiger partial charge on any atom is 0.0556 e. The lowest BCUT2D eigenvalue weighted by atomic mass is 10.1. The highest BCUT2D eigenvalue weighted by Crippen LogP contribution is 2.22. The van der Waals surface area contributed by atoms with Crippen LogP contribution in [0.4, 0.5) is 0 Å². The average Bonchev–Trinajstić information content (AvgIpc) is 2.30. The van der Waals surface area contributed by atoms with Crippen molar-refractivity contribution in [2.75, 3.05) is 26.0 Å². The minimum atomic E-state index is 0.424. The summed E-state index contributed by atoms with van der Waals surface area (Å²) in [6.07, 6.45) is 0. The standard InChI is InChI=1S/C13H21NOS/c1-4-14-11(2)12-6-5-7-13(10-12)16-9-8-15-3/h5-7,10-11,14H,4,8-9H2,1-3H3. The van der Waals surface area contributed by atoms with E-state index in [1.807, 2.05) is 11.8 Å². The van der Waals surface area contributed by atoms with Crippen LogP contribution in [0, 0.1) is 0 Å². The third kappa shape index (κ3) is 4.56. The molecule has 0 aliphatic heterocycles. The Balaban J connectivity index is 2.56. The van der Waals surface area contributed by atoms with Gasteiger partial charge in [-0.25, -0.2) is 0 Å². The molecule has 0 amide bonds. The van der Waals surface area contributed by atoms with Crippen LogP contribution in [-0.4, -0.2) is 26.0 Å². The van der Waals surface area contributed by atoms with E-state index in [-0.39, 0.29) is 0 Å². The van der Waals surface area contributed by atoms with Crippen LogP contribution in [0.5, 0.6) is 0 Å². The second kappa shape index (κ2) is 7.71. The smallest absolute Gasteiger partial charge is 0.0556 e. The van der Waals surface area contributed by atoms with Gasteiger partial charge in [-0.3, -0.25) is 0 Å². The lowest BCUT2D eigenvalue weighted by Gasteiger charge is -2.13. The lowest BCUT2D eigenvalue weighted by Crippen LogP contribution is -2.17. The minimum Gasteiger partial charge on any atom is -0.384 e. The zero-order valence-electron chi connectivity index (χ0n) is 10.3. The summed E-state index contributed by atoms with van der Waals surface area (Å²) in [6.45, 7) is 6.13. The molecule has 3 heteroatoms. The van der Waals surface area contributed by atoms with Crippen molar-refractivity contribution >= 4 is 11.8 Å². The fourth-order valence-corrected chi connectivity index (χ4v) is 2.42. The Morgan fingerprint density at radius 3 is 2.94 bits per heavy atom. The van der Waals surface area contributed by atoms with Gasteiger partial charge >= 0.3 is 0 Å². The van der Waals surface area contributed by atoms with E-state index in [2.05, 4.69) is 43.4 Å². The van der Waals surface area contributed by atoms with Crippen LogP contribution in [0.3, 0.4) is 0 Å². The highest BCUT2D eigenvalue weighted by atomic mass is 32.2. The van der Waals surface area contributed by atoms with Gasteiger partial charge in [-0.2, -0.15) is 0 Å². The highest BCUT2D eigenvalue weighted by Gasteiger charge is 2.04. The molecule has 0 aliphatic carbocycles. The van der Waals surface area contributed by atoms with E-state index in [0.29, 0.717) is 6.04 Å². The number of nitrogens with one attached hydrogen (secondary N) is 1. The van der Waals surface area contributed by atoms with Crippen molar-refractivity contribution in [2.45, 2.75) is 24.8 Å². The van der Waals surface area contributed by atoms with E-state index in [9.17, 15) is 0 Å². The lowest BCUT2D eigenvalue weighted by molar-refractivity contribution is 0.218. The van der Waals surface area contributed by atoms with Crippen LogP contribution in [0.2, 0.25) is 0 Å². The van der Waals surface area contributed by atoms with Gasteiger partial charge in [-0.1, -0.05) is 19.1 Å². The number of methoxy groups -OCH3 is 1. The Bertz CT molecular complexity index is 304. The van der Waals surface area contributed by atoms with Gasteiger partial charge < -0.3 is 10.1 Å². The normalized spacial score (nSPS) is 12.7. The van der Waals surface area contributed by atoms with Gasteiger partial charge in [0.05, 0.1) is 6.61 Å². The first-order valence-electron chi connectivity index (χ1n) is 5.73. The maximum atomic E-state index is 5.05. The van der Waals surface area contributed by atoms with Gasteiger partial charge in [0.1, 0.15) is 0 Å². The molecule has 90 valence electrons. The van der Waals surface area contributed by atoms with Gasteiger partial charge in [-0.15, -0.1) is 11.8 Å². The molecule has 0 heterocycles. The van der Waals surface area contributed by atoms with Crippen LogP contribution < -0.4 is 5.32 Å². The zero-order chi connectivity index (χ0) is 11.8. The van der Waals surface area contributed by atoms with Crippen molar-refractivity contribution in [1.29, 1.82) is 0 Å². The molecule has 0 bridgehead atoms. The summed E-state index contributed by atoms with van der Waals surface area (Å²) in [6, 6.07) is 9.13. The van der Waals surface area contributed by atoms with Crippen LogP contribution in [0.1, 0.15) is 25.5 Å². The molecular formula is C13H21NOS. The average molecular weight is 239 g/mol. The summed E-state index contributed by atoms with van der Waals surface area (Å²) in [5, 5.41) is 3.42. The first-order valence-corrected chi connectivity index (χ1v) is 6.71. The fraction of sp³-hybridized carbons (Fsp3) is 0.538. The highest BCUT2D eigenvalue weighted by molar-refractivity contribution is 7.99. The number of hydrogen-bond acceptors (Lipinski definition) is 3. The van der Waals surface area contributed by atoms with Crippen molar-refractivity contribution in [1.82, 2.24) is 5.32 Å². The van der Waals surface area contributed by atoms with Gasteiger partial charge in [0.2, 0.25) is 0 Å². The molecule has 1 N–H and O–H groups in total. The molecule has 0 radical (unpaired) electrons. The molecule has 0 fully saturated rings. The Morgan fingerprint density at radius 2 is 2.25 bits per heavy atom. The molecule has 0 saturated carbocycles. The van der Waals surface area contributed by atoms with Crippen molar-refractivity contribution in [3.63, 3.8) is 0 Å². The number of ether oxygens (including phenoxy) is 1. The van der Waals surface area contributed by atoms with E-state index in [4.69, 9.17) is 4.74 Å². The van der Waals surface area contributed by atoms with Crippen molar-refractivity contribution in [3.8, 4) is 0 Å². The molecule has 16 heavy (non-hydrogen) atoms. The number of hydrogen-bond donors (Lipinski definition) is 1. The molecule has 0 aromatic heterocycles. The Kier molecular flexibility index (Phi) is 6.53. The fourth-order valence-electron chi connectivity index (χ4n) is 1.54. The van der Waals surface area contributed by atoms with E-state index >= 15 is 0 Å². The van der Waals surface area contributed by atoms with Crippen LogP contribution in [0.25, 0.3) is 0 Å². The van der Waals surface area contributed by atoms with E-state index in [1.54, 1.807) is 7.11 Å². The van der Waals surface area contributed by atoms with Gasteiger partial charge in [0.25, 0.3) is 0 Å². The van der Waals surface area contributed by atoms with E-state index in [1.165, 1.54) is 10.5 Å². The molecule has 1 aromatic carbocycles. The molecule has 1 aromatic rings. The summed E-state index contributed by atoms with van der Waals surface area (Å²) >= 11 is 1.84. The first kappa shape index (κ1) is 13.6. The van der Waals surface area contributed by atoms with Gasteiger partial charge in [-0.05, 0) is 31.2 Å². The van der Waals surface area contributed by atoms with Crippen LogP contribution >= 0.6 is 11.8 Å². The van der Waals surface area contributed by atoms with Crippen LogP contribution in [-0.2, 0) is 4.74 Å². The summed E-state index contributed by atoms with van der Waals surface area (Å²) < 4.78 is 5.05. The molecule has 0 aliphatic rings. The topological polar surface area (TPSA) is 21.3 Å². The summed E-state index contributed by atoms with van der Waals surface area (Å²) in [7, 11) is 1.74. The third-order valence-corrected chi connectivity index (χ3v) is 3.38. The Hall–Kier alpha value is -0.510. The minimum absolute atomic E-state index is 0.424. The third-order valence-electron chi connectivity index (χ3n) is 2.42. The predicted octanol–water partition coefficient (Wildman–Crippen LogP) is 3.10. The SMILES string of the molecule is CCNC(C)c1cccc(SCCOC)c1. The molecule has 1 atom stereocenters. The number of benzene rings is 1. The first-order chi connectivity index (χ1) is 7.77. The van der Waals surface area contributed by atoms with Crippen molar-refractivity contribution < 1.29 is 4.74 Å². The van der Waals surface area contributed by atoms with Crippen molar-refractivity contribution in [3.05, 3.63) is 29.8 Å². The monoisotopic (exact) mass is 239 g/mol. The largest absolute Gasteiger partial charge is 0.384 e. The maximum absolute atomic E-state index is 5.05. The number of rotatable bonds is 7. The molecule has 0 spiro atoms. The number of thioether (sulfide) groups is 1. The molecule has 0 saturated heterocycles. The second-order valence-corrected chi connectivity index (χ2v) is 4.86. The molecule has 1 rings (SSSR count). The molecule has 1 unspecified atom stereocenters. The van der Waals surface area contributed by atoms with Crippen LogP contribution in [0.15, 0.2) is 29.2 Å². The van der Waals surface area contributed by atoms with Crippen molar-refractivity contribution in [2.24, 2.45) is 0 Å². The van der Waals surface area contributed by atoms with Gasteiger partial charge in [0, 0.05) is 23.8 Å². The summed E-state index contributed by atoms with van der Waals surface area (Å²) in [5.41, 5.74) is 1.35. The second-order valence-electron chi connectivity index (χ2n) is 3.69. The Labute approximate surface area is 103 Å². The molecular weight excluding hydrogens is 218 g/mol. The zero-order valence-corrected chi connectivity index (χ0v) is 11.1. The van der Waals surface area contributed by atoms with E-state index < -0.39 is 0 Å². The van der Waals surface area contributed by atoms with Gasteiger partial charge in [0.15, 0.2) is 0 Å².